The summed E-state index contributed by atoms with van der Waals surface area (Å²) in [5.41, 5.74) is 1.91. The van der Waals surface area contributed by atoms with Crippen LogP contribution in [0.25, 0.3) is 0 Å². The largest absolute Gasteiger partial charge is 0.317 e. The maximum absolute atomic E-state index is 11.9. The van der Waals surface area contributed by atoms with E-state index in [1.165, 1.54) is 11.2 Å². The highest BCUT2D eigenvalue weighted by molar-refractivity contribution is 7.85. The molecule has 0 bridgehead atoms. The van der Waals surface area contributed by atoms with Gasteiger partial charge in [-0.05, 0) is 19.1 Å². The molecule has 0 heterocycles. The first-order valence-electron chi connectivity index (χ1n) is 5.07. The maximum atomic E-state index is 11.9. The Morgan fingerprint density at radius 1 is 1.47 bits per heavy atom. The molecular formula is C12H15NO3S. The number of anilines is 1. The molecule has 4 nitrogen and oxygen atoms in total. The second-order valence-electron chi connectivity index (χ2n) is 3.88. The minimum Gasteiger partial charge on any atom is -0.317 e. The van der Waals surface area contributed by atoms with Crippen LogP contribution in [0.4, 0.5) is 5.69 Å². The topological polar surface area (TPSA) is 54.5 Å². The predicted octanol–water partition coefficient (Wildman–Crippen LogP) is 1.15. The minimum atomic E-state index is -1.18. The summed E-state index contributed by atoms with van der Waals surface area (Å²) in [6.45, 7) is 1.87. The molecule has 1 atom stereocenters. The van der Waals surface area contributed by atoms with Crippen LogP contribution in [0.3, 0.4) is 0 Å². The van der Waals surface area contributed by atoms with Crippen molar-refractivity contribution in [1.29, 1.82) is 0 Å². The van der Waals surface area contributed by atoms with Crippen molar-refractivity contribution in [2.24, 2.45) is 0 Å². The zero-order valence-corrected chi connectivity index (χ0v) is 10.9. The van der Waals surface area contributed by atoms with Crippen molar-refractivity contribution in [1.82, 2.24) is 0 Å². The number of hydrogen-bond acceptors (Lipinski definition) is 3. The van der Waals surface area contributed by atoms with E-state index in [9.17, 15) is 13.8 Å². The van der Waals surface area contributed by atoms with Crippen molar-refractivity contribution in [3.8, 4) is 0 Å². The highest BCUT2D eigenvalue weighted by Gasteiger charge is 2.15. The standard InChI is InChI=1S/C12H15NO3S/c1-9-4-5-11(13(2)8-14)10(6-9)12(15)7-17(3)16/h4-6,8H,7H2,1-3H3. The van der Waals surface area contributed by atoms with Crippen LogP contribution in [-0.4, -0.2) is 35.5 Å². The summed E-state index contributed by atoms with van der Waals surface area (Å²) in [7, 11) is 0.398. The number of aryl methyl sites for hydroxylation is 1. The van der Waals surface area contributed by atoms with Crippen LogP contribution in [-0.2, 0) is 15.6 Å². The third-order valence-electron chi connectivity index (χ3n) is 2.32. The van der Waals surface area contributed by atoms with E-state index in [1.807, 2.05) is 13.0 Å². The van der Waals surface area contributed by atoms with E-state index in [4.69, 9.17) is 0 Å². The predicted molar refractivity (Wildman–Crippen MR) is 68.9 cm³/mol. The molecule has 1 aromatic carbocycles. The summed E-state index contributed by atoms with van der Waals surface area (Å²) >= 11 is 0. The fourth-order valence-electron chi connectivity index (χ4n) is 1.50. The van der Waals surface area contributed by atoms with Crippen LogP contribution < -0.4 is 4.90 Å². The summed E-state index contributed by atoms with van der Waals surface area (Å²) < 4.78 is 11.1. The molecule has 0 saturated heterocycles. The van der Waals surface area contributed by atoms with Crippen LogP contribution in [0.1, 0.15) is 15.9 Å². The first kappa shape index (κ1) is 13.6. The Labute approximate surface area is 103 Å². The second kappa shape index (κ2) is 5.72. The van der Waals surface area contributed by atoms with E-state index in [0.29, 0.717) is 17.7 Å². The molecule has 0 saturated carbocycles. The molecule has 1 amide bonds. The molecule has 1 rings (SSSR count). The molecule has 0 spiro atoms. The average Bonchev–Trinajstić information content (AvgIpc) is 2.27. The molecule has 0 aliphatic heterocycles. The van der Waals surface area contributed by atoms with Gasteiger partial charge in [0.05, 0.1) is 11.4 Å². The van der Waals surface area contributed by atoms with E-state index in [0.717, 1.165) is 5.56 Å². The zero-order valence-electron chi connectivity index (χ0n) is 10.1. The first-order chi connectivity index (χ1) is 7.95. The number of ketones is 1. The Morgan fingerprint density at radius 2 is 2.12 bits per heavy atom. The second-order valence-corrected chi connectivity index (χ2v) is 5.31. The van der Waals surface area contributed by atoms with E-state index >= 15 is 0 Å². The van der Waals surface area contributed by atoms with Crippen molar-refractivity contribution < 1.29 is 13.8 Å². The van der Waals surface area contributed by atoms with Gasteiger partial charge < -0.3 is 4.90 Å². The molecule has 0 aromatic heterocycles. The van der Waals surface area contributed by atoms with E-state index in [2.05, 4.69) is 0 Å². The van der Waals surface area contributed by atoms with Gasteiger partial charge in [-0.2, -0.15) is 0 Å². The van der Waals surface area contributed by atoms with Gasteiger partial charge in [0, 0.05) is 29.7 Å². The Kier molecular flexibility index (Phi) is 4.57. The molecule has 0 fully saturated rings. The Morgan fingerprint density at radius 3 is 2.65 bits per heavy atom. The average molecular weight is 253 g/mol. The molecule has 5 heteroatoms. The van der Waals surface area contributed by atoms with E-state index in [1.54, 1.807) is 19.2 Å². The summed E-state index contributed by atoms with van der Waals surface area (Å²) in [5.74, 6) is -0.235. The van der Waals surface area contributed by atoms with Gasteiger partial charge in [0.1, 0.15) is 0 Å². The number of amides is 1. The van der Waals surface area contributed by atoms with Crippen molar-refractivity contribution in [3.63, 3.8) is 0 Å². The smallest absolute Gasteiger partial charge is 0.213 e. The van der Waals surface area contributed by atoms with Gasteiger partial charge >= 0.3 is 0 Å². The summed E-state index contributed by atoms with van der Waals surface area (Å²) in [6, 6.07) is 5.26. The molecule has 0 radical (unpaired) electrons. The zero-order chi connectivity index (χ0) is 13.0. The Balaban J connectivity index is 3.19. The normalized spacial score (nSPS) is 11.9. The van der Waals surface area contributed by atoms with Crippen molar-refractivity contribution in [3.05, 3.63) is 29.3 Å². The van der Waals surface area contributed by atoms with Crippen LogP contribution in [0.2, 0.25) is 0 Å². The van der Waals surface area contributed by atoms with Crippen molar-refractivity contribution in [2.75, 3.05) is 24.0 Å². The Bertz CT molecular complexity index is 471. The maximum Gasteiger partial charge on any atom is 0.213 e. The number of rotatable bonds is 5. The number of carbonyl (C=O) groups is 2. The van der Waals surface area contributed by atoms with Crippen LogP contribution in [0.5, 0.6) is 0 Å². The minimum absolute atomic E-state index is 0.0247. The van der Waals surface area contributed by atoms with E-state index < -0.39 is 10.8 Å². The van der Waals surface area contributed by atoms with Crippen LogP contribution in [0.15, 0.2) is 18.2 Å². The van der Waals surface area contributed by atoms with Crippen molar-refractivity contribution in [2.45, 2.75) is 6.92 Å². The third kappa shape index (κ3) is 3.49. The van der Waals surface area contributed by atoms with Gasteiger partial charge in [-0.1, -0.05) is 11.6 Å². The fourth-order valence-corrected chi connectivity index (χ4v) is 2.02. The van der Waals surface area contributed by atoms with Gasteiger partial charge in [-0.15, -0.1) is 0 Å². The number of carbonyl (C=O) groups excluding carboxylic acids is 2. The highest BCUT2D eigenvalue weighted by atomic mass is 32.2. The van der Waals surface area contributed by atoms with Gasteiger partial charge in [0.25, 0.3) is 0 Å². The molecule has 0 aliphatic rings. The fraction of sp³-hybridized carbons (Fsp3) is 0.333. The number of benzene rings is 1. The molecule has 1 aromatic rings. The van der Waals surface area contributed by atoms with Gasteiger partial charge in [0.15, 0.2) is 5.78 Å². The first-order valence-corrected chi connectivity index (χ1v) is 6.80. The number of Topliss-reactive ketones (excluding diaryl/α,β-unsaturated/α-hetero) is 1. The lowest BCUT2D eigenvalue weighted by molar-refractivity contribution is -0.107. The molecule has 0 N–H and O–H groups in total. The quantitative estimate of drug-likeness (QED) is 0.584. The lowest BCUT2D eigenvalue weighted by Crippen LogP contribution is -2.19. The van der Waals surface area contributed by atoms with Crippen molar-refractivity contribution >= 4 is 28.7 Å². The summed E-state index contributed by atoms with van der Waals surface area (Å²) in [6.07, 6.45) is 2.13. The highest BCUT2D eigenvalue weighted by Crippen LogP contribution is 2.20. The molecule has 17 heavy (non-hydrogen) atoms. The lowest BCUT2D eigenvalue weighted by Gasteiger charge is -2.15. The van der Waals surface area contributed by atoms with Gasteiger partial charge in [-0.3, -0.25) is 13.8 Å². The monoisotopic (exact) mass is 253 g/mol. The van der Waals surface area contributed by atoms with Gasteiger partial charge in [-0.25, -0.2) is 0 Å². The third-order valence-corrected chi connectivity index (χ3v) is 2.99. The van der Waals surface area contributed by atoms with E-state index in [-0.39, 0.29) is 11.5 Å². The summed E-state index contributed by atoms with van der Waals surface area (Å²) in [4.78, 5) is 24.0. The van der Waals surface area contributed by atoms with Crippen LogP contribution >= 0.6 is 0 Å². The SMILES string of the molecule is Cc1ccc(N(C)C=O)c(C(=O)CS(C)=O)c1. The lowest BCUT2D eigenvalue weighted by atomic mass is 10.1. The molecule has 92 valence electrons. The number of hydrogen-bond donors (Lipinski definition) is 0. The molecular weight excluding hydrogens is 238 g/mol. The van der Waals surface area contributed by atoms with Gasteiger partial charge in [0.2, 0.25) is 6.41 Å². The Hall–Kier alpha value is -1.49. The molecule has 0 aliphatic carbocycles. The number of nitrogens with zero attached hydrogens (tertiary/aromatic N) is 1. The molecule has 1 unspecified atom stereocenters. The van der Waals surface area contributed by atoms with Crippen LogP contribution in [0, 0.1) is 6.92 Å². The summed E-state index contributed by atoms with van der Waals surface area (Å²) in [5, 5.41) is 0.